The predicted molar refractivity (Wildman–Crippen MR) is 108 cm³/mol. The molecule has 0 aromatic heterocycles. The van der Waals surface area contributed by atoms with Crippen LogP contribution in [0.4, 0.5) is 0 Å². The number of carbonyl (C=O) groups excluding carboxylic acids is 1. The zero-order valence-electron chi connectivity index (χ0n) is 16.0. The van der Waals surface area contributed by atoms with E-state index in [0.717, 1.165) is 58.8 Å². The molecular formula is C23H29N3O. The number of nitrogens with zero attached hydrogens (tertiary/aromatic N) is 3. The zero-order valence-corrected chi connectivity index (χ0v) is 16.0. The van der Waals surface area contributed by atoms with Crippen LogP contribution in [0.25, 0.3) is 0 Å². The fraction of sp³-hybridized carbons (Fsp3) is 0.435. The van der Waals surface area contributed by atoms with Crippen molar-refractivity contribution in [2.45, 2.75) is 25.9 Å². The molecule has 0 saturated carbocycles. The van der Waals surface area contributed by atoms with E-state index >= 15 is 0 Å². The summed E-state index contributed by atoms with van der Waals surface area (Å²) in [5.74, 6) is 0.302. The Morgan fingerprint density at radius 2 is 1.44 bits per heavy atom. The maximum absolute atomic E-state index is 12.6. The van der Waals surface area contributed by atoms with Crippen molar-refractivity contribution < 1.29 is 4.79 Å². The molecule has 1 amide bonds. The van der Waals surface area contributed by atoms with E-state index < -0.39 is 0 Å². The number of piperazine rings is 1. The second-order valence-corrected chi connectivity index (χ2v) is 7.69. The minimum Gasteiger partial charge on any atom is -0.338 e. The summed E-state index contributed by atoms with van der Waals surface area (Å²) >= 11 is 0. The van der Waals surface area contributed by atoms with Gasteiger partial charge in [0.25, 0.3) is 0 Å². The smallest absolute Gasteiger partial charge is 0.224 e. The van der Waals surface area contributed by atoms with Crippen molar-refractivity contribution >= 4 is 5.91 Å². The molecular weight excluding hydrogens is 334 g/mol. The molecule has 2 aromatic rings. The average Bonchev–Trinajstić information content (AvgIpc) is 2.73. The predicted octanol–water partition coefficient (Wildman–Crippen LogP) is 2.78. The first kappa shape index (κ1) is 18.2. The molecule has 2 aliphatic heterocycles. The summed E-state index contributed by atoms with van der Waals surface area (Å²) in [6.45, 7) is 7.84. The molecule has 0 unspecified atom stereocenters. The van der Waals surface area contributed by atoms with Crippen LogP contribution in [-0.4, -0.2) is 59.9 Å². The van der Waals surface area contributed by atoms with Crippen LogP contribution in [0.5, 0.6) is 0 Å². The quantitative estimate of drug-likeness (QED) is 0.817. The van der Waals surface area contributed by atoms with Gasteiger partial charge in [0.15, 0.2) is 0 Å². The summed E-state index contributed by atoms with van der Waals surface area (Å²) in [5, 5.41) is 0. The highest BCUT2D eigenvalue weighted by Gasteiger charge is 2.22. The van der Waals surface area contributed by atoms with Gasteiger partial charge in [-0.1, -0.05) is 54.6 Å². The second kappa shape index (κ2) is 8.68. The summed E-state index contributed by atoms with van der Waals surface area (Å²) in [7, 11) is 0. The third kappa shape index (κ3) is 4.76. The van der Waals surface area contributed by atoms with Crippen LogP contribution in [0.3, 0.4) is 0 Å². The first-order valence-corrected chi connectivity index (χ1v) is 10.1. The fourth-order valence-electron chi connectivity index (χ4n) is 4.13. The number of hydrogen-bond acceptors (Lipinski definition) is 3. The lowest BCUT2D eigenvalue weighted by Gasteiger charge is -2.35. The van der Waals surface area contributed by atoms with Gasteiger partial charge in [-0.15, -0.1) is 0 Å². The Hall–Kier alpha value is -2.17. The SMILES string of the molecule is O=C(CCN1CCN(Cc2ccccc2)CC1)N1CCc2ccccc2C1. The van der Waals surface area contributed by atoms with Crippen LogP contribution >= 0.6 is 0 Å². The van der Waals surface area contributed by atoms with Gasteiger partial charge in [0, 0.05) is 58.8 Å². The Balaban J connectivity index is 1.19. The molecule has 0 atom stereocenters. The molecule has 4 rings (SSSR count). The Labute approximate surface area is 162 Å². The van der Waals surface area contributed by atoms with Crippen LogP contribution < -0.4 is 0 Å². The van der Waals surface area contributed by atoms with Crippen molar-refractivity contribution in [2.75, 3.05) is 39.3 Å². The van der Waals surface area contributed by atoms with E-state index in [9.17, 15) is 4.79 Å². The number of carbonyl (C=O) groups is 1. The Bertz CT molecular complexity index is 753. The molecule has 4 nitrogen and oxygen atoms in total. The number of rotatable bonds is 5. The van der Waals surface area contributed by atoms with Crippen molar-refractivity contribution in [3.8, 4) is 0 Å². The molecule has 2 aromatic carbocycles. The van der Waals surface area contributed by atoms with Gasteiger partial charge in [-0.25, -0.2) is 0 Å². The largest absolute Gasteiger partial charge is 0.338 e. The molecule has 1 fully saturated rings. The molecule has 142 valence electrons. The van der Waals surface area contributed by atoms with Gasteiger partial charge < -0.3 is 9.80 Å². The van der Waals surface area contributed by atoms with E-state index in [1.165, 1.54) is 16.7 Å². The zero-order chi connectivity index (χ0) is 18.5. The second-order valence-electron chi connectivity index (χ2n) is 7.69. The number of hydrogen-bond donors (Lipinski definition) is 0. The highest BCUT2D eigenvalue weighted by atomic mass is 16.2. The lowest BCUT2D eigenvalue weighted by molar-refractivity contribution is -0.132. The molecule has 0 aliphatic carbocycles. The normalized spacial score (nSPS) is 18.3. The third-order valence-electron chi connectivity index (χ3n) is 5.84. The minimum atomic E-state index is 0.302. The van der Waals surface area contributed by atoms with Gasteiger partial charge in [-0.3, -0.25) is 9.69 Å². The molecule has 2 heterocycles. The van der Waals surface area contributed by atoms with E-state index in [0.29, 0.717) is 12.3 Å². The Morgan fingerprint density at radius 3 is 2.22 bits per heavy atom. The maximum atomic E-state index is 12.6. The van der Waals surface area contributed by atoms with Crippen LogP contribution in [0.15, 0.2) is 54.6 Å². The molecule has 0 bridgehead atoms. The summed E-state index contributed by atoms with van der Waals surface area (Å²) in [6.07, 6.45) is 1.63. The molecule has 1 saturated heterocycles. The summed E-state index contributed by atoms with van der Waals surface area (Å²) in [4.78, 5) is 19.6. The Kier molecular flexibility index (Phi) is 5.85. The molecule has 4 heteroatoms. The number of fused-ring (bicyclic) bond motifs is 1. The standard InChI is InChI=1S/C23H29N3O/c27-23(26-13-10-21-8-4-5-9-22(21)19-26)11-12-24-14-16-25(17-15-24)18-20-6-2-1-3-7-20/h1-9H,10-19H2. The Morgan fingerprint density at radius 1 is 0.778 bits per heavy atom. The average molecular weight is 364 g/mol. The van der Waals surface area contributed by atoms with Crippen molar-refractivity contribution in [1.82, 2.24) is 14.7 Å². The van der Waals surface area contributed by atoms with E-state index in [1.54, 1.807) is 0 Å². The van der Waals surface area contributed by atoms with Crippen LogP contribution in [0.1, 0.15) is 23.1 Å². The third-order valence-corrected chi connectivity index (χ3v) is 5.84. The van der Waals surface area contributed by atoms with Crippen molar-refractivity contribution in [3.63, 3.8) is 0 Å². The molecule has 0 radical (unpaired) electrons. The molecule has 2 aliphatic rings. The van der Waals surface area contributed by atoms with Gasteiger partial charge >= 0.3 is 0 Å². The fourth-order valence-corrected chi connectivity index (χ4v) is 4.13. The molecule has 0 N–H and O–H groups in total. The van der Waals surface area contributed by atoms with E-state index in [-0.39, 0.29) is 0 Å². The number of amides is 1. The summed E-state index contributed by atoms with van der Waals surface area (Å²) in [6, 6.07) is 19.2. The van der Waals surface area contributed by atoms with E-state index in [1.807, 2.05) is 4.90 Å². The van der Waals surface area contributed by atoms with Gasteiger partial charge in [-0.2, -0.15) is 0 Å². The van der Waals surface area contributed by atoms with Gasteiger partial charge in [0.1, 0.15) is 0 Å². The lowest BCUT2D eigenvalue weighted by atomic mass is 10.00. The van der Waals surface area contributed by atoms with Crippen LogP contribution in [0.2, 0.25) is 0 Å². The van der Waals surface area contributed by atoms with E-state index in [2.05, 4.69) is 64.4 Å². The van der Waals surface area contributed by atoms with E-state index in [4.69, 9.17) is 0 Å². The first-order chi connectivity index (χ1) is 13.3. The minimum absolute atomic E-state index is 0.302. The van der Waals surface area contributed by atoms with Crippen molar-refractivity contribution in [3.05, 3.63) is 71.3 Å². The lowest BCUT2D eigenvalue weighted by Crippen LogP contribution is -2.47. The monoisotopic (exact) mass is 363 g/mol. The van der Waals surface area contributed by atoms with Crippen molar-refractivity contribution in [1.29, 1.82) is 0 Å². The summed E-state index contributed by atoms with van der Waals surface area (Å²) < 4.78 is 0. The van der Waals surface area contributed by atoms with Crippen molar-refractivity contribution in [2.24, 2.45) is 0 Å². The van der Waals surface area contributed by atoms with Gasteiger partial charge in [0.05, 0.1) is 0 Å². The summed E-state index contributed by atoms with van der Waals surface area (Å²) in [5.41, 5.74) is 4.09. The van der Waals surface area contributed by atoms with Gasteiger partial charge in [-0.05, 0) is 23.1 Å². The maximum Gasteiger partial charge on any atom is 0.224 e. The van der Waals surface area contributed by atoms with Crippen LogP contribution in [-0.2, 0) is 24.3 Å². The van der Waals surface area contributed by atoms with Crippen LogP contribution in [0, 0.1) is 0 Å². The highest BCUT2D eigenvalue weighted by Crippen LogP contribution is 2.19. The van der Waals surface area contributed by atoms with Gasteiger partial charge in [0.2, 0.25) is 5.91 Å². The molecule has 27 heavy (non-hydrogen) atoms. The highest BCUT2D eigenvalue weighted by molar-refractivity contribution is 5.76. The molecule has 0 spiro atoms. The number of benzene rings is 2. The first-order valence-electron chi connectivity index (χ1n) is 10.1. The topological polar surface area (TPSA) is 26.8 Å².